The lowest BCUT2D eigenvalue weighted by Gasteiger charge is -2.31. The number of nitrogens with zero attached hydrogens (tertiary/aromatic N) is 5. The normalized spacial score (nSPS) is 15.1. The van der Waals surface area contributed by atoms with E-state index in [0.29, 0.717) is 29.4 Å². The average molecular weight is 772 g/mol. The van der Waals surface area contributed by atoms with E-state index in [1.54, 1.807) is 25.3 Å². The Balaban J connectivity index is 0.000000287. The van der Waals surface area contributed by atoms with E-state index in [1.165, 1.54) is 5.56 Å². The van der Waals surface area contributed by atoms with Crippen LogP contribution in [0.4, 0.5) is 10.6 Å². The number of aromatic amines is 1. The van der Waals surface area contributed by atoms with Crippen LogP contribution in [-0.2, 0) is 51.5 Å². The number of unbranched alkanes of at least 4 members (excludes halogenated alkanes) is 1. The first-order chi connectivity index (χ1) is 26.2. The summed E-state index contributed by atoms with van der Waals surface area (Å²) in [5.74, 6) is 3.14. The molecule has 55 heavy (non-hydrogen) atoms. The van der Waals surface area contributed by atoms with Crippen LogP contribution in [0.5, 0.6) is 6.01 Å². The summed E-state index contributed by atoms with van der Waals surface area (Å²) < 4.78 is 12.0. The van der Waals surface area contributed by atoms with Crippen LogP contribution >= 0.6 is 0 Å². The molecule has 5 rings (SSSR count). The van der Waals surface area contributed by atoms with Crippen LogP contribution in [-0.4, -0.2) is 97.7 Å². The zero-order chi connectivity index (χ0) is 40.1. The highest BCUT2D eigenvalue weighted by atomic mass is 16.8. The summed E-state index contributed by atoms with van der Waals surface area (Å²) in [6.45, 7) is 9.73. The minimum atomic E-state index is -0.996. The Morgan fingerprint density at radius 2 is 1.60 bits per heavy atom. The number of piperidine rings is 1. The van der Waals surface area contributed by atoms with Crippen molar-refractivity contribution in [2.45, 2.75) is 84.9 Å². The molecule has 0 aliphatic carbocycles. The van der Waals surface area contributed by atoms with Crippen molar-refractivity contribution < 1.29 is 48.0 Å². The van der Waals surface area contributed by atoms with Crippen molar-refractivity contribution in [3.63, 3.8) is 0 Å². The summed E-state index contributed by atoms with van der Waals surface area (Å²) in [5.41, 5.74) is 9.88. The predicted octanol–water partition coefficient (Wildman–Crippen LogP) is 1.65. The van der Waals surface area contributed by atoms with E-state index in [0.717, 1.165) is 50.9 Å². The molecule has 0 saturated carbocycles. The Kier molecular flexibility index (Phi) is 15.2. The van der Waals surface area contributed by atoms with Crippen LogP contribution < -0.4 is 27.5 Å². The van der Waals surface area contributed by atoms with Gasteiger partial charge in [0.25, 0.3) is 11.8 Å². The topological polar surface area (TPSA) is 266 Å². The smallest absolute Gasteiger partial charge is 0.431 e. The molecule has 6 N–H and O–H groups in total. The summed E-state index contributed by atoms with van der Waals surface area (Å²) in [5, 5.41) is 0.388. The number of aromatic nitrogens is 4. The Hall–Kier alpha value is -5.44. The van der Waals surface area contributed by atoms with Crippen molar-refractivity contribution in [2.75, 3.05) is 38.6 Å². The fourth-order valence-electron chi connectivity index (χ4n) is 5.59. The van der Waals surface area contributed by atoms with Gasteiger partial charge in [0.05, 0.1) is 13.2 Å². The fraction of sp³-hybridized carbons (Fsp3) is 0.543. The molecule has 0 unspecified atom stereocenters. The molecule has 20 nitrogen and oxygen atoms in total. The minimum Gasteiger partial charge on any atom is -0.463 e. The number of imide groups is 1. The fourth-order valence-corrected chi connectivity index (χ4v) is 5.59. The molecule has 4 heterocycles. The zero-order valence-corrected chi connectivity index (χ0v) is 31.5. The van der Waals surface area contributed by atoms with Crippen LogP contribution in [0.2, 0.25) is 0 Å². The highest BCUT2D eigenvalue weighted by Gasteiger charge is 2.33. The maximum atomic E-state index is 12.6. The molecule has 2 aliphatic rings. The van der Waals surface area contributed by atoms with Gasteiger partial charge < -0.3 is 25.0 Å². The van der Waals surface area contributed by atoms with Gasteiger partial charge in [-0.3, -0.25) is 33.5 Å². The van der Waals surface area contributed by atoms with Crippen molar-refractivity contribution >= 4 is 46.6 Å². The summed E-state index contributed by atoms with van der Waals surface area (Å²) in [6.07, 6.45) is 2.64. The Bertz CT molecular complexity index is 1850. The molecule has 20 heteroatoms. The third kappa shape index (κ3) is 12.8. The number of ether oxygens (including phenoxy) is 2. The van der Waals surface area contributed by atoms with Gasteiger partial charge in [0.15, 0.2) is 23.9 Å². The summed E-state index contributed by atoms with van der Waals surface area (Å²) in [4.78, 5) is 96.5. The molecular weight excluding hydrogens is 722 g/mol. The summed E-state index contributed by atoms with van der Waals surface area (Å²) in [7, 11) is 0. The van der Waals surface area contributed by atoms with Gasteiger partial charge in [-0.25, -0.2) is 20.3 Å². The van der Waals surface area contributed by atoms with Crippen molar-refractivity contribution in [3.8, 4) is 6.01 Å². The van der Waals surface area contributed by atoms with Gasteiger partial charge in [-0.15, -0.1) is 5.06 Å². The van der Waals surface area contributed by atoms with E-state index < -0.39 is 36.1 Å². The first kappa shape index (κ1) is 42.3. The molecule has 1 aromatic carbocycles. The molecule has 3 amide bonds. The number of carbonyl (C=O) groups excluding carboxylic acids is 5. The molecule has 0 atom stereocenters. The number of benzene rings is 1. The van der Waals surface area contributed by atoms with Crippen molar-refractivity contribution in [1.82, 2.24) is 35.0 Å². The summed E-state index contributed by atoms with van der Waals surface area (Å²) in [6, 6.07) is 8.33. The SMILES string of the molecule is CC(C)(C)OC(=O)NOCC(=O)ON1C(=O)CCC1=O.CCCCOc1nc(N)c2[nH]c(=O)n(Cc3ccc(CN4CCC(C(=O)CON)CC4)cc3)c2n1. The van der Waals surface area contributed by atoms with Gasteiger partial charge in [-0.1, -0.05) is 37.6 Å². The maximum absolute atomic E-state index is 12.6. The Morgan fingerprint density at radius 1 is 0.964 bits per heavy atom. The van der Waals surface area contributed by atoms with Crippen molar-refractivity contribution in [1.29, 1.82) is 0 Å². The molecule has 300 valence electrons. The lowest BCUT2D eigenvalue weighted by atomic mass is 9.92. The molecular formula is C35H49N9O11. The van der Waals surface area contributed by atoms with Crippen LogP contribution in [0.3, 0.4) is 0 Å². The highest BCUT2D eigenvalue weighted by molar-refractivity contribution is 6.01. The second kappa shape index (κ2) is 19.8. The van der Waals surface area contributed by atoms with Gasteiger partial charge in [-0.05, 0) is 64.3 Å². The lowest BCUT2D eigenvalue weighted by molar-refractivity contribution is -0.201. The second-order valence-corrected chi connectivity index (χ2v) is 13.9. The average Bonchev–Trinajstić information content (AvgIpc) is 3.62. The summed E-state index contributed by atoms with van der Waals surface area (Å²) >= 11 is 0. The van der Waals surface area contributed by atoms with Gasteiger partial charge in [-0.2, -0.15) is 15.4 Å². The number of carbonyl (C=O) groups is 5. The molecule has 3 aromatic rings. The predicted molar refractivity (Wildman–Crippen MR) is 194 cm³/mol. The van der Waals surface area contributed by atoms with Crippen LogP contribution in [0, 0.1) is 5.92 Å². The number of nitrogens with one attached hydrogen (secondary N) is 2. The number of ketones is 1. The van der Waals surface area contributed by atoms with Gasteiger partial charge in [0.1, 0.15) is 17.7 Å². The van der Waals surface area contributed by atoms with Gasteiger partial charge in [0, 0.05) is 25.3 Å². The number of nitrogens with two attached hydrogens (primary N) is 2. The quantitative estimate of drug-likeness (QED) is 0.0972. The first-order valence-electron chi connectivity index (χ1n) is 17.9. The molecule has 0 radical (unpaired) electrons. The van der Waals surface area contributed by atoms with E-state index in [4.69, 9.17) is 21.1 Å². The largest absolute Gasteiger partial charge is 0.463 e. The number of H-pyrrole nitrogens is 1. The second-order valence-electron chi connectivity index (χ2n) is 13.9. The number of hydroxylamine groups is 3. The van der Waals surface area contributed by atoms with Crippen LogP contribution in [0.25, 0.3) is 11.2 Å². The van der Waals surface area contributed by atoms with Gasteiger partial charge in [0.2, 0.25) is 0 Å². The van der Waals surface area contributed by atoms with E-state index in [-0.39, 0.29) is 48.7 Å². The Morgan fingerprint density at radius 3 is 2.20 bits per heavy atom. The third-order valence-corrected chi connectivity index (χ3v) is 8.34. The van der Waals surface area contributed by atoms with E-state index in [9.17, 15) is 28.8 Å². The molecule has 2 aromatic heterocycles. The number of likely N-dealkylation sites (tertiary alicyclic amines) is 1. The molecule has 2 fully saturated rings. The first-order valence-corrected chi connectivity index (χ1v) is 17.9. The monoisotopic (exact) mass is 771 g/mol. The standard InChI is InChI=1S/C24H33N7O4.C11H16N2O7/c1-2-3-12-34-23-28-21(25)20-22(29-23)31(24(33)27-20)14-17-6-4-16(5-7-17)13-30-10-8-18(9-11-30)19(32)15-35-26;1-11(2,3)19-10(17)12-18-6-9(16)20-13-7(14)4-5-8(13)15/h4-7,18H,2-3,8-15,26H2,1H3,(H,27,33)(H2,25,28,29);4-6H2,1-3H3,(H,12,17). The van der Waals surface area contributed by atoms with E-state index >= 15 is 0 Å². The zero-order valence-electron chi connectivity index (χ0n) is 31.5. The van der Waals surface area contributed by atoms with E-state index in [2.05, 4.69) is 53.4 Å². The van der Waals surface area contributed by atoms with Crippen molar-refractivity contribution in [3.05, 3.63) is 45.9 Å². The number of amides is 3. The number of hydrogen-bond donors (Lipinski definition) is 4. The van der Waals surface area contributed by atoms with Crippen LogP contribution in [0.15, 0.2) is 29.1 Å². The molecule has 2 aliphatic heterocycles. The number of fused-ring (bicyclic) bond motifs is 1. The number of Topliss-reactive ketones (excluding diaryl/α,β-unsaturated/α-hetero) is 1. The molecule has 2 saturated heterocycles. The van der Waals surface area contributed by atoms with Crippen molar-refractivity contribution in [2.24, 2.45) is 11.8 Å². The highest BCUT2D eigenvalue weighted by Crippen LogP contribution is 2.22. The van der Waals surface area contributed by atoms with Gasteiger partial charge >= 0.3 is 23.8 Å². The number of imidazole rings is 1. The van der Waals surface area contributed by atoms with Crippen LogP contribution in [0.1, 0.15) is 77.3 Å². The third-order valence-electron chi connectivity index (χ3n) is 8.34. The molecule has 0 bridgehead atoms. The minimum absolute atomic E-state index is 0.00310. The van der Waals surface area contributed by atoms with E-state index in [1.807, 2.05) is 17.6 Å². The Labute approximate surface area is 316 Å². The number of hydrogen-bond acceptors (Lipinski definition) is 16. The number of anilines is 1. The number of rotatable bonds is 15. The number of nitrogen functional groups attached to an aromatic ring is 1. The maximum Gasteiger partial charge on any atom is 0.431 e. The molecule has 0 spiro atoms. The lowest BCUT2D eigenvalue weighted by Crippen LogP contribution is -2.37.